The number of aliphatic carboxylic acids is 1. The quantitative estimate of drug-likeness (QED) is 0.808. The molecule has 0 radical (unpaired) electrons. The van der Waals surface area contributed by atoms with Crippen LogP contribution in [-0.4, -0.2) is 17.2 Å². The fourth-order valence-electron chi connectivity index (χ4n) is 1.21. The van der Waals surface area contributed by atoms with Crippen molar-refractivity contribution in [3.8, 4) is 0 Å². The van der Waals surface area contributed by atoms with E-state index in [1.165, 1.54) is 0 Å². The first-order chi connectivity index (χ1) is 6.18. The monoisotopic (exact) mass is 242 g/mol. The van der Waals surface area contributed by atoms with Crippen molar-refractivity contribution in [2.45, 2.75) is 12.2 Å². The van der Waals surface area contributed by atoms with E-state index in [2.05, 4.69) is 15.9 Å². The van der Waals surface area contributed by atoms with Crippen molar-refractivity contribution < 1.29 is 14.6 Å². The van der Waals surface area contributed by atoms with Crippen molar-refractivity contribution in [1.29, 1.82) is 0 Å². The third-order valence-corrected chi connectivity index (χ3v) is 2.46. The zero-order valence-electron chi connectivity index (χ0n) is 6.61. The summed E-state index contributed by atoms with van der Waals surface area (Å²) in [5, 5.41) is 8.61. The Balaban J connectivity index is 2.12. The van der Waals surface area contributed by atoms with Gasteiger partial charge in [0.1, 0.15) is 6.10 Å². The number of hydrogen-bond donors (Lipinski definition) is 1. The summed E-state index contributed by atoms with van der Waals surface area (Å²) in [7, 11) is 0. The highest BCUT2D eigenvalue weighted by Gasteiger charge is 2.46. The number of carboxylic acids is 1. The molecule has 0 aromatic heterocycles. The summed E-state index contributed by atoms with van der Waals surface area (Å²) >= 11 is 3.30. The molecule has 1 aromatic carbocycles. The Bertz CT molecular complexity index is 333. The van der Waals surface area contributed by atoms with E-state index < -0.39 is 12.1 Å². The first-order valence-electron chi connectivity index (χ1n) is 3.82. The zero-order valence-corrected chi connectivity index (χ0v) is 8.19. The van der Waals surface area contributed by atoms with Gasteiger partial charge in [-0.15, -0.1) is 0 Å². The predicted molar refractivity (Wildman–Crippen MR) is 49.4 cm³/mol. The largest absolute Gasteiger partial charge is 0.479 e. The third kappa shape index (κ3) is 1.73. The summed E-state index contributed by atoms with van der Waals surface area (Å²) in [6.07, 6.45) is -0.910. The normalized spacial score (nSPS) is 25.6. The van der Waals surface area contributed by atoms with Crippen LogP contribution in [0.15, 0.2) is 28.7 Å². The van der Waals surface area contributed by atoms with Crippen LogP contribution in [0.3, 0.4) is 0 Å². The maximum Gasteiger partial charge on any atom is 0.335 e. The van der Waals surface area contributed by atoms with Crippen LogP contribution in [0.1, 0.15) is 11.7 Å². The van der Waals surface area contributed by atoms with Gasteiger partial charge in [-0.3, -0.25) is 0 Å². The van der Waals surface area contributed by atoms with Crippen LogP contribution in [0.25, 0.3) is 0 Å². The van der Waals surface area contributed by atoms with Gasteiger partial charge in [-0.1, -0.05) is 28.1 Å². The molecule has 68 valence electrons. The van der Waals surface area contributed by atoms with Crippen LogP contribution in [0.2, 0.25) is 0 Å². The van der Waals surface area contributed by atoms with Crippen LogP contribution < -0.4 is 0 Å². The molecule has 0 aliphatic carbocycles. The molecule has 0 unspecified atom stereocenters. The van der Waals surface area contributed by atoms with Gasteiger partial charge in [-0.25, -0.2) is 4.79 Å². The van der Waals surface area contributed by atoms with Gasteiger partial charge in [-0.2, -0.15) is 0 Å². The maximum absolute atomic E-state index is 10.5. The van der Waals surface area contributed by atoms with Crippen molar-refractivity contribution in [2.24, 2.45) is 0 Å². The number of epoxide rings is 1. The van der Waals surface area contributed by atoms with Crippen LogP contribution in [0.5, 0.6) is 0 Å². The van der Waals surface area contributed by atoms with E-state index in [1.807, 2.05) is 24.3 Å². The number of benzene rings is 1. The molecule has 1 aliphatic heterocycles. The molecule has 0 saturated carbocycles. The van der Waals surface area contributed by atoms with Gasteiger partial charge in [0.25, 0.3) is 0 Å². The second-order valence-electron chi connectivity index (χ2n) is 2.87. The van der Waals surface area contributed by atoms with Crippen LogP contribution >= 0.6 is 15.9 Å². The molecule has 1 saturated heterocycles. The minimum absolute atomic E-state index is 0.259. The van der Waals surface area contributed by atoms with Crippen molar-refractivity contribution in [2.75, 3.05) is 0 Å². The van der Waals surface area contributed by atoms with E-state index in [0.717, 1.165) is 10.0 Å². The summed E-state index contributed by atoms with van der Waals surface area (Å²) in [5.74, 6) is -0.895. The molecule has 4 heteroatoms. The van der Waals surface area contributed by atoms with Gasteiger partial charge in [-0.05, 0) is 17.7 Å². The van der Waals surface area contributed by atoms with E-state index in [-0.39, 0.29) is 6.10 Å². The van der Waals surface area contributed by atoms with Gasteiger partial charge in [0.05, 0.1) is 0 Å². The van der Waals surface area contributed by atoms with Gasteiger partial charge in [0.2, 0.25) is 0 Å². The first kappa shape index (κ1) is 8.72. The molecule has 2 rings (SSSR count). The van der Waals surface area contributed by atoms with E-state index >= 15 is 0 Å². The summed E-state index contributed by atoms with van der Waals surface area (Å²) in [4.78, 5) is 10.5. The van der Waals surface area contributed by atoms with Crippen LogP contribution in [-0.2, 0) is 9.53 Å². The van der Waals surface area contributed by atoms with E-state index in [0.29, 0.717) is 0 Å². The van der Waals surface area contributed by atoms with Crippen molar-refractivity contribution in [1.82, 2.24) is 0 Å². The summed E-state index contributed by atoms with van der Waals surface area (Å²) in [6, 6.07) is 7.46. The highest BCUT2D eigenvalue weighted by molar-refractivity contribution is 9.10. The highest BCUT2D eigenvalue weighted by atomic mass is 79.9. The minimum atomic E-state index is -0.895. The number of halogens is 1. The van der Waals surface area contributed by atoms with Gasteiger partial charge < -0.3 is 9.84 Å². The fraction of sp³-hybridized carbons (Fsp3) is 0.222. The maximum atomic E-state index is 10.5. The number of ether oxygens (including phenoxy) is 1. The summed E-state index contributed by atoms with van der Waals surface area (Å²) < 4.78 is 5.97. The van der Waals surface area contributed by atoms with E-state index in [9.17, 15) is 4.79 Å². The van der Waals surface area contributed by atoms with E-state index in [1.54, 1.807) is 0 Å². The standard InChI is InChI=1S/C9H7BrO3/c10-6-3-1-5(2-4-6)7-8(13-7)9(11)12/h1-4,7-8H,(H,11,12)/t7-,8+/m1/s1. The molecule has 1 heterocycles. The molecule has 0 bridgehead atoms. The molecule has 0 spiro atoms. The van der Waals surface area contributed by atoms with Crippen molar-refractivity contribution in [3.05, 3.63) is 34.3 Å². The predicted octanol–water partition coefficient (Wildman–Crippen LogP) is 1.97. The number of hydrogen-bond acceptors (Lipinski definition) is 2. The second kappa shape index (κ2) is 3.12. The Kier molecular flexibility index (Phi) is 2.09. The molecule has 3 nitrogen and oxygen atoms in total. The lowest BCUT2D eigenvalue weighted by Crippen LogP contribution is -2.04. The van der Waals surface area contributed by atoms with Crippen LogP contribution in [0, 0.1) is 0 Å². The average Bonchev–Trinajstić information content (AvgIpc) is 2.85. The summed E-state index contributed by atoms with van der Waals surface area (Å²) in [6.45, 7) is 0. The Labute approximate surface area is 83.5 Å². The lowest BCUT2D eigenvalue weighted by molar-refractivity contribution is -0.138. The molecule has 1 N–H and O–H groups in total. The molecule has 1 fully saturated rings. The fourth-order valence-corrected chi connectivity index (χ4v) is 1.47. The molecular weight excluding hydrogens is 236 g/mol. The molecule has 1 aliphatic rings. The Hall–Kier alpha value is -0.870. The van der Waals surface area contributed by atoms with Crippen LogP contribution in [0.4, 0.5) is 0 Å². The zero-order chi connectivity index (χ0) is 9.42. The van der Waals surface area contributed by atoms with Gasteiger partial charge in [0.15, 0.2) is 6.10 Å². The first-order valence-corrected chi connectivity index (χ1v) is 4.61. The lowest BCUT2D eigenvalue weighted by Gasteiger charge is -1.94. The molecule has 1 aromatic rings. The molecule has 0 amide bonds. The number of carboxylic acid groups (broad SMARTS) is 1. The Morgan fingerprint density at radius 1 is 1.38 bits per heavy atom. The highest BCUT2D eigenvalue weighted by Crippen LogP contribution is 2.38. The molecular formula is C9H7BrO3. The lowest BCUT2D eigenvalue weighted by atomic mass is 10.1. The summed E-state index contributed by atoms with van der Waals surface area (Å²) in [5.41, 5.74) is 0.913. The molecule has 2 atom stereocenters. The average molecular weight is 243 g/mol. The Morgan fingerprint density at radius 2 is 2.00 bits per heavy atom. The number of carbonyl (C=O) groups is 1. The van der Waals surface area contributed by atoms with Gasteiger partial charge >= 0.3 is 5.97 Å². The smallest absolute Gasteiger partial charge is 0.335 e. The van der Waals surface area contributed by atoms with Crippen molar-refractivity contribution >= 4 is 21.9 Å². The minimum Gasteiger partial charge on any atom is -0.479 e. The topological polar surface area (TPSA) is 49.8 Å². The third-order valence-electron chi connectivity index (χ3n) is 1.93. The number of rotatable bonds is 2. The molecule has 13 heavy (non-hydrogen) atoms. The Morgan fingerprint density at radius 3 is 2.46 bits per heavy atom. The van der Waals surface area contributed by atoms with E-state index in [4.69, 9.17) is 9.84 Å². The van der Waals surface area contributed by atoms with Gasteiger partial charge in [0, 0.05) is 4.47 Å². The van der Waals surface area contributed by atoms with Crippen molar-refractivity contribution in [3.63, 3.8) is 0 Å². The SMILES string of the molecule is O=C(O)[C@H]1O[C@@H]1c1ccc(Br)cc1. The second-order valence-corrected chi connectivity index (χ2v) is 3.78.